The van der Waals surface area contributed by atoms with Gasteiger partial charge in [0.25, 0.3) is 0 Å². The van der Waals surface area contributed by atoms with Crippen molar-refractivity contribution in [2.24, 2.45) is 5.92 Å². The number of hydrogen-bond donors (Lipinski definition) is 2. The molecule has 2 N–H and O–H groups in total. The number of para-hydroxylation sites is 1. The molecule has 2 nitrogen and oxygen atoms in total. The molecular weight excluding hydrogens is 278 g/mol. The first-order chi connectivity index (χ1) is 8.27. The Morgan fingerprint density at radius 3 is 2.76 bits per heavy atom. The molecule has 1 aliphatic carbocycles. The Morgan fingerprint density at radius 2 is 2.00 bits per heavy atom. The molecule has 0 spiro atoms. The van der Waals surface area contributed by atoms with E-state index < -0.39 is 0 Å². The second-order valence-corrected chi connectivity index (χ2v) is 5.74. The van der Waals surface area contributed by atoms with Gasteiger partial charge in [-0.3, -0.25) is 0 Å². The smallest absolute Gasteiger partial charge is 0.134 e. The monoisotopic (exact) mass is 297 g/mol. The summed E-state index contributed by atoms with van der Waals surface area (Å²) in [5.74, 6) is 1.20. The summed E-state index contributed by atoms with van der Waals surface area (Å²) in [7, 11) is 0. The molecule has 0 saturated heterocycles. The predicted octanol–water partition coefficient (Wildman–Crippen LogP) is 3.82. The van der Waals surface area contributed by atoms with Crippen molar-refractivity contribution >= 4 is 15.9 Å². The van der Waals surface area contributed by atoms with E-state index in [4.69, 9.17) is 0 Å². The van der Waals surface area contributed by atoms with E-state index in [2.05, 4.69) is 21.2 Å². The fourth-order valence-electron chi connectivity index (χ4n) is 2.50. The van der Waals surface area contributed by atoms with Gasteiger partial charge in [-0.25, -0.2) is 0 Å². The summed E-state index contributed by atoms with van der Waals surface area (Å²) in [6, 6.07) is 5.79. The molecule has 0 bridgehead atoms. The number of nitrogens with one attached hydrogen (secondary N) is 1. The summed E-state index contributed by atoms with van der Waals surface area (Å²) < 4.78 is 0.773. The minimum Gasteiger partial charge on any atom is -0.506 e. The van der Waals surface area contributed by atoms with E-state index in [9.17, 15) is 5.11 Å². The third-order valence-electron chi connectivity index (χ3n) is 3.54. The minimum absolute atomic E-state index is 0.364. The van der Waals surface area contributed by atoms with Crippen LogP contribution in [0.1, 0.15) is 37.7 Å². The lowest BCUT2D eigenvalue weighted by Crippen LogP contribution is -2.24. The lowest BCUT2D eigenvalue weighted by Gasteiger charge is -2.21. The first-order valence-corrected chi connectivity index (χ1v) is 7.24. The zero-order chi connectivity index (χ0) is 12.1. The quantitative estimate of drug-likeness (QED) is 0.885. The van der Waals surface area contributed by atoms with Crippen LogP contribution in [0.15, 0.2) is 22.7 Å². The van der Waals surface area contributed by atoms with E-state index >= 15 is 0 Å². The molecule has 94 valence electrons. The SMILES string of the molecule is Oc1c(Br)cccc1CNCC1CCCCC1. The average molecular weight is 298 g/mol. The van der Waals surface area contributed by atoms with Crippen molar-refractivity contribution in [1.29, 1.82) is 0 Å². The van der Waals surface area contributed by atoms with E-state index in [1.807, 2.05) is 18.2 Å². The molecule has 0 amide bonds. The number of aromatic hydroxyl groups is 1. The van der Waals surface area contributed by atoms with Crippen molar-refractivity contribution in [1.82, 2.24) is 5.32 Å². The maximum absolute atomic E-state index is 9.85. The highest BCUT2D eigenvalue weighted by atomic mass is 79.9. The van der Waals surface area contributed by atoms with E-state index in [0.29, 0.717) is 5.75 Å². The second kappa shape index (κ2) is 6.41. The van der Waals surface area contributed by atoms with Crippen LogP contribution < -0.4 is 5.32 Å². The molecule has 1 fully saturated rings. The van der Waals surface area contributed by atoms with Crippen molar-refractivity contribution in [3.63, 3.8) is 0 Å². The van der Waals surface area contributed by atoms with Gasteiger partial charge in [0.15, 0.2) is 0 Å². The van der Waals surface area contributed by atoms with Crippen LogP contribution in [0.2, 0.25) is 0 Å². The van der Waals surface area contributed by atoms with E-state index in [-0.39, 0.29) is 0 Å². The first kappa shape index (κ1) is 12.9. The molecule has 0 aromatic heterocycles. The van der Waals surface area contributed by atoms with Crippen molar-refractivity contribution in [2.75, 3.05) is 6.54 Å². The molecule has 1 saturated carbocycles. The lowest BCUT2D eigenvalue weighted by atomic mass is 9.89. The van der Waals surface area contributed by atoms with Crippen molar-refractivity contribution in [3.05, 3.63) is 28.2 Å². The fraction of sp³-hybridized carbons (Fsp3) is 0.571. The number of phenolic OH excluding ortho intramolecular Hbond substituents is 1. The van der Waals surface area contributed by atoms with E-state index in [1.165, 1.54) is 32.1 Å². The summed E-state index contributed by atoms with van der Waals surface area (Å²) >= 11 is 3.34. The maximum atomic E-state index is 9.85. The molecule has 0 heterocycles. The van der Waals surface area contributed by atoms with Crippen LogP contribution in [0.25, 0.3) is 0 Å². The Bertz CT molecular complexity index is 361. The molecule has 0 atom stereocenters. The van der Waals surface area contributed by atoms with Gasteiger partial charge in [0.1, 0.15) is 5.75 Å². The van der Waals surface area contributed by atoms with E-state index in [1.54, 1.807) is 0 Å². The zero-order valence-electron chi connectivity index (χ0n) is 10.1. The fourth-order valence-corrected chi connectivity index (χ4v) is 2.91. The van der Waals surface area contributed by atoms with Gasteiger partial charge in [-0.2, -0.15) is 0 Å². The summed E-state index contributed by atoms with van der Waals surface area (Å²) in [5.41, 5.74) is 0.968. The number of benzene rings is 1. The third kappa shape index (κ3) is 3.71. The molecular formula is C14H20BrNO. The molecule has 1 aromatic carbocycles. The van der Waals surface area contributed by atoms with Gasteiger partial charge < -0.3 is 10.4 Å². The number of halogens is 1. The molecule has 17 heavy (non-hydrogen) atoms. The number of phenols is 1. The normalized spacial score (nSPS) is 17.2. The second-order valence-electron chi connectivity index (χ2n) is 4.88. The summed E-state index contributed by atoms with van der Waals surface area (Å²) in [4.78, 5) is 0. The average Bonchev–Trinajstić information content (AvgIpc) is 2.36. The Morgan fingerprint density at radius 1 is 1.24 bits per heavy atom. The van der Waals surface area contributed by atoms with Gasteiger partial charge >= 0.3 is 0 Å². The highest BCUT2D eigenvalue weighted by molar-refractivity contribution is 9.10. The van der Waals surface area contributed by atoms with Gasteiger partial charge in [0.2, 0.25) is 0 Å². The van der Waals surface area contributed by atoms with Crippen LogP contribution in [0, 0.1) is 5.92 Å². The summed E-state index contributed by atoms with van der Waals surface area (Å²) in [6.45, 7) is 1.83. The van der Waals surface area contributed by atoms with Gasteiger partial charge in [0, 0.05) is 12.1 Å². The highest BCUT2D eigenvalue weighted by Crippen LogP contribution is 2.27. The first-order valence-electron chi connectivity index (χ1n) is 6.44. The van der Waals surface area contributed by atoms with Crippen LogP contribution in [0.4, 0.5) is 0 Å². The predicted molar refractivity (Wildman–Crippen MR) is 74.1 cm³/mol. The van der Waals surface area contributed by atoms with Gasteiger partial charge in [-0.1, -0.05) is 31.4 Å². The highest BCUT2D eigenvalue weighted by Gasteiger charge is 2.13. The van der Waals surface area contributed by atoms with Gasteiger partial charge in [-0.05, 0) is 47.3 Å². The molecule has 0 aliphatic heterocycles. The molecule has 3 heteroatoms. The molecule has 0 unspecified atom stereocenters. The molecule has 2 rings (SSSR count). The Kier molecular flexibility index (Phi) is 4.86. The van der Waals surface area contributed by atoms with Crippen LogP contribution in [0.3, 0.4) is 0 Å². The molecule has 1 aromatic rings. The van der Waals surface area contributed by atoms with Crippen molar-refractivity contribution in [3.8, 4) is 5.75 Å². The largest absolute Gasteiger partial charge is 0.506 e. The lowest BCUT2D eigenvalue weighted by molar-refractivity contribution is 0.341. The van der Waals surface area contributed by atoms with Gasteiger partial charge in [-0.15, -0.1) is 0 Å². The van der Waals surface area contributed by atoms with Crippen LogP contribution in [-0.4, -0.2) is 11.7 Å². The summed E-state index contributed by atoms with van der Waals surface area (Å²) in [5, 5.41) is 13.3. The minimum atomic E-state index is 0.364. The molecule has 0 radical (unpaired) electrons. The Labute approximate surface area is 112 Å². The van der Waals surface area contributed by atoms with Gasteiger partial charge in [0.05, 0.1) is 4.47 Å². The summed E-state index contributed by atoms with van der Waals surface area (Å²) in [6.07, 6.45) is 6.89. The maximum Gasteiger partial charge on any atom is 0.134 e. The number of rotatable bonds is 4. The Hall–Kier alpha value is -0.540. The van der Waals surface area contributed by atoms with Crippen molar-refractivity contribution < 1.29 is 5.11 Å². The third-order valence-corrected chi connectivity index (χ3v) is 4.18. The number of hydrogen-bond acceptors (Lipinski definition) is 2. The standard InChI is InChI=1S/C14H20BrNO/c15-13-8-4-7-12(14(13)17)10-16-9-11-5-2-1-3-6-11/h4,7-8,11,16-17H,1-3,5-6,9-10H2. The van der Waals surface area contributed by atoms with E-state index in [0.717, 1.165) is 29.0 Å². The van der Waals surface area contributed by atoms with Crippen molar-refractivity contribution in [2.45, 2.75) is 38.6 Å². The molecule has 1 aliphatic rings. The van der Waals surface area contributed by atoms with Crippen LogP contribution >= 0.6 is 15.9 Å². The van der Waals surface area contributed by atoms with Crippen LogP contribution in [0.5, 0.6) is 5.75 Å². The topological polar surface area (TPSA) is 32.3 Å². The Balaban J connectivity index is 1.79. The zero-order valence-corrected chi connectivity index (χ0v) is 11.7. The van der Waals surface area contributed by atoms with Crippen LogP contribution in [-0.2, 0) is 6.54 Å².